The number of benzene rings is 1. The molecule has 0 saturated carbocycles. The number of fused-ring (bicyclic) bond motifs is 1. The second-order valence-corrected chi connectivity index (χ2v) is 5.17. The van der Waals surface area contributed by atoms with E-state index in [1.165, 1.54) is 6.07 Å². The molecule has 1 heterocycles. The quantitative estimate of drug-likeness (QED) is 0.828. The van der Waals surface area contributed by atoms with Crippen LogP contribution in [0.3, 0.4) is 0 Å². The Morgan fingerprint density at radius 2 is 1.95 bits per heavy atom. The number of rotatable bonds is 4. The van der Waals surface area contributed by atoms with Crippen LogP contribution in [0.25, 0.3) is 10.9 Å². The van der Waals surface area contributed by atoms with Crippen molar-refractivity contribution in [3.8, 4) is 0 Å². The molecule has 0 radical (unpaired) electrons. The molecular weight excluding hydrogens is 301 g/mol. The van der Waals surface area contributed by atoms with Crippen molar-refractivity contribution in [2.24, 2.45) is 0 Å². The van der Waals surface area contributed by atoms with Gasteiger partial charge in [0.1, 0.15) is 5.82 Å². The molecule has 0 aliphatic heterocycles. The third-order valence-electron chi connectivity index (χ3n) is 3.18. The van der Waals surface area contributed by atoms with E-state index in [2.05, 4.69) is 10.3 Å². The largest absolute Gasteiger partial charge is 0.417 e. The van der Waals surface area contributed by atoms with Crippen LogP contribution in [0.1, 0.15) is 31.4 Å². The maximum absolute atomic E-state index is 13.1. The van der Waals surface area contributed by atoms with Gasteiger partial charge in [-0.3, -0.25) is 0 Å². The topological polar surface area (TPSA) is 24.9 Å². The van der Waals surface area contributed by atoms with Gasteiger partial charge in [-0.05, 0) is 37.1 Å². The van der Waals surface area contributed by atoms with Crippen LogP contribution in [0.2, 0.25) is 5.02 Å². The molecule has 0 spiro atoms. The zero-order valence-electron chi connectivity index (χ0n) is 11.8. The Balaban J connectivity index is 2.76. The summed E-state index contributed by atoms with van der Waals surface area (Å²) in [5.74, 6) is 0.605. The molecule has 0 amide bonds. The highest BCUT2D eigenvalue weighted by atomic mass is 35.5. The van der Waals surface area contributed by atoms with E-state index in [1.807, 2.05) is 13.8 Å². The summed E-state index contributed by atoms with van der Waals surface area (Å²) < 4.78 is 39.4. The third kappa shape index (κ3) is 3.23. The molecule has 2 aromatic rings. The van der Waals surface area contributed by atoms with Gasteiger partial charge < -0.3 is 5.32 Å². The molecule has 2 nitrogen and oxygen atoms in total. The highest BCUT2D eigenvalue weighted by Gasteiger charge is 2.33. The standard InChI is InChI=1S/C15H16ClF3N2/c1-3-5-9-8-10-11(15(17,18)19)6-7-12(16)13(10)21-14(9)20-4-2/h6-8H,3-5H2,1-2H3,(H,20,21). The second-order valence-electron chi connectivity index (χ2n) is 4.77. The summed E-state index contributed by atoms with van der Waals surface area (Å²) in [4.78, 5) is 4.31. The van der Waals surface area contributed by atoms with Gasteiger partial charge in [0, 0.05) is 11.9 Å². The second kappa shape index (κ2) is 6.10. The summed E-state index contributed by atoms with van der Waals surface area (Å²) in [7, 11) is 0. The lowest BCUT2D eigenvalue weighted by atomic mass is 10.0. The molecule has 0 atom stereocenters. The minimum absolute atomic E-state index is 0.0557. The van der Waals surface area contributed by atoms with Crippen LogP contribution < -0.4 is 5.32 Å². The summed E-state index contributed by atoms with van der Waals surface area (Å²) >= 11 is 6.02. The molecule has 1 aromatic heterocycles. The third-order valence-corrected chi connectivity index (χ3v) is 3.49. The van der Waals surface area contributed by atoms with Gasteiger partial charge in [0.05, 0.1) is 16.1 Å². The lowest BCUT2D eigenvalue weighted by Crippen LogP contribution is -2.09. The Bertz CT molecular complexity index is 653. The van der Waals surface area contributed by atoms with Crippen LogP contribution in [0.5, 0.6) is 0 Å². The smallest absolute Gasteiger partial charge is 0.370 e. The minimum Gasteiger partial charge on any atom is -0.370 e. The predicted octanol–water partition coefficient (Wildman–Crippen LogP) is 5.29. The van der Waals surface area contributed by atoms with Gasteiger partial charge in [0.25, 0.3) is 0 Å². The van der Waals surface area contributed by atoms with Crippen molar-refractivity contribution >= 4 is 28.3 Å². The molecule has 0 bridgehead atoms. The van der Waals surface area contributed by atoms with Gasteiger partial charge in [-0.2, -0.15) is 13.2 Å². The Morgan fingerprint density at radius 1 is 1.24 bits per heavy atom. The van der Waals surface area contributed by atoms with E-state index in [0.717, 1.165) is 18.1 Å². The van der Waals surface area contributed by atoms with Gasteiger partial charge in [0.15, 0.2) is 0 Å². The average Bonchev–Trinajstić information content (AvgIpc) is 2.39. The van der Waals surface area contributed by atoms with Crippen LogP contribution >= 0.6 is 11.6 Å². The number of aromatic nitrogens is 1. The van der Waals surface area contributed by atoms with E-state index in [4.69, 9.17) is 11.6 Å². The van der Waals surface area contributed by atoms with E-state index >= 15 is 0 Å². The Hall–Kier alpha value is -1.49. The van der Waals surface area contributed by atoms with E-state index in [9.17, 15) is 13.2 Å². The summed E-state index contributed by atoms with van der Waals surface area (Å²) in [6, 6.07) is 3.81. The van der Waals surface area contributed by atoms with Crippen LogP contribution in [0, 0.1) is 0 Å². The normalized spacial score (nSPS) is 11.9. The predicted molar refractivity (Wildman–Crippen MR) is 79.9 cm³/mol. The van der Waals surface area contributed by atoms with Crippen LogP contribution in [-0.4, -0.2) is 11.5 Å². The van der Waals surface area contributed by atoms with Crippen molar-refractivity contribution < 1.29 is 13.2 Å². The molecule has 114 valence electrons. The van der Waals surface area contributed by atoms with E-state index in [0.29, 0.717) is 18.8 Å². The zero-order valence-corrected chi connectivity index (χ0v) is 12.6. The van der Waals surface area contributed by atoms with Crippen molar-refractivity contribution in [2.75, 3.05) is 11.9 Å². The number of nitrogens with zero attached hydrogens (tertiary/aromatic N) is 1. The SMILES string of the molecule is CCCc1cc2c(C(F)(F)F)ccc(Cl)c2nc1NCC. The number of aryl methyl sites for hydroxylation is 1. The Kier molecular flexibility index (Phi) is 4.61. The Labute approximate surface area is 126 Å². The van der Waals surface area contributed by atoms with E-state index < -0.39 is 11.7 Å². The van der Waals surface area contributed by atoms with Gasteiger partial charge >= 0.3 is 6.18 Å². The number of hydrogen-bond donors (Lipinski definition) is 1. The summed E-state index contributed by atoms with van der Waals surface area (Å²) in [6.07, 6.45) is -2.93. The first-order chi connectivity index (χ1) is 9.88. The highest BCUT2D eigenvalue weighted by Crippen LogP contribution is 2.38. The van der Waals surface area contributed by atoms with E-state index in [1.54, 1.807) is 6.07 Å². The van der Waals surface area contributed by atoms with Gasteiger partial charge in [-0.15, -0.1) is 0 Å². The first kappa shape index (κ1) is 15.9. The molecule has 6 heteroatoms. The van der Waals surface area contributed by atoms with Crippen LogP contribution in [-0.2, 0) is 12.6 Å². The lowest BCUT2D eigenvalue weighted by Gasteiger charge is -2.15. The maximum Gasteiger partial charge on any atom is 0.417 e. The molecule has 0 fully saturated rings. The summed E-state index contributed by atoms with van der Waals surface area (Å²) in [5, 5.41) is 3.37. The average molecular weight is 317 g/mol. The minimum atomic E-state index is -4.42. The van der Waals surface area contributed by atoms with Crippen molar-refractivity contribution in [2.45, 2.75) is 32.9 Å². The number of halogens is 4. The molecule has 0 unspecified atom stereocenters. The first-order valence-electron chi connectivity index (χ1n) is 6.81. The van der Waals surface area contributed by atoms with Crippen LogP contribution in [0.15, 0.2) is 18.2 Å². The van der Waals surface area contributed by atoms with Gasteiger partial charge in [-0.1, -0.05) is 24.9 Å². The fourth-order valence-electron chi connectivity index (χ4n) is 2.29. The highest BCUT2D eigenvalue weighted by molar-refractivity contribution is 6.35. The number of alkyl halides is 3. The molecule has 2 rings (SSSR count). The molecule has 0 aliphatic carbocycles. The molecule has 1 N–H and O–H groups in total. The molecular formula is C15H16ClF3N2. The fourth-order valence-corrected chi connectivity index (χ4v) is 2.50. The van der Waals surface area contributed by atoms with Crippen molar-refractivity contribution in [1.82, 2.24) is 4.98 Å². The van der Waals surface area contributed by atoms with Crippen molar-refractivity contribution in [3.63, 3.8) is 0 Å². The number of hydrogen-bond acceptors (Lipinski definition) is 2. The van der Waals surface area contributed by atoms with Crippen molar-refractivity contribution in [1.29, 1.82) is 0 Å². The Morgan fingerprint density at radius 3 is 2.52 bits per heavy atom. The van der Waals surface area contributed by atoms with E-state index in [-0.39, 0.29) is 15.9 Å². The lowest BCUT2D eigenvalue weighted by molar-refractivity contribution is -0.136. The number of anilines is 1. The zero-order chi connectivity index (χ0) is 15.6. The number of nitrogens with one attached hydrogen (secondary N) is 1. The molecule has 0 aliphatic rings. The summed E-state index contributed by atoms with van der Waals surface area (Å²) in [5.41, 5.74) is 0.261. The fraction of sp³-hybridized carbons (Fsp3) is 0.400. The molecule has 0 saturated heterocycles. The van der Waals surface area contributed by atoms with Gasteiger partial charge in [-0.25, -0.2) is 4.98 Å². The summed E-state index contributed by atoms with van der Waals surface area (Å²) in [6.45, 7) is 4.53. The maximum atomic E-state index is 13.1. The monoisotopic (exact) mass is 316 g/mol. The number of pyridine rings is 1. The molecule has 21 heavy (non-hydrogen) atoms. The van der Waals surface area contributed by atoms with Crippen LogP contribution in [0.4, 0.5) is 19.0 Å². The van der Waals surface area contributed by atoms with Crippen molar-refractivity contribution in [3.05, 3.63) is 34.3 Å². The molecule has 1 aromatic carbocycles. The first-order valence-corrected chi connectivity index (χ1v) is 7.19. The van der Waals surface area contributed by atoms with Gasteiger partial charge in [0.2, 0.25) is 0 Å².